The van der Waals surface area contributed by atoms with Crippen LogP contribution in [0.2, 0.25) is 0 Å². The summed E-state index contributed by atoms with van der Waals surface area (Å²) in [5.74, 6) is 1.00. The normalized spacial score (nSPS) is 22.8. The molecule has 2 aliphatic heterocycles. The molecule has 6 nitrogen and oxygen atoms in total. The van der Waals surface area contributed by atoms with E-state index in [0.29, 0.717) is 32.0 Å². The average molecular weight is 314 g/mol. The van der Waals surface area contributed by atoms with E-state index in [1.54, 1.807) is 0 Å². The number of carbonyl (C=O) groups is 1. The first-order chi connectivity index (χ1) is 11.3. The van der Waals surface area contributed by atoms with Crippen molar-refractivity contribution in [2.75, 3.05) is 39.9 Å². The van der Waals surface area contributed by atoms with Crippen LogP contribution < -0.4 is 0 Å². The number of nitrogens with zero attached hydrogens (tertiary/aromatic N) is 4. The Balaban J connectivity index is 1.76. The third kappa shape index (κ3) is 2.52. The largest absolute Gasteiger partial charge is 0.378 e. The van der Waals surface area contributed by atoms with Crippen LogP contribution in [0.15, 0.2) is 24.4 Å². The van der Waals surface area contributed by atoms with Crippen molar-refractivity contribution in [2.45, 2.75) is 18.9 Å². The van der Waals surface area contributed by atoms with Crippen molar-refractivity contribution in [3.63, 3.8) is 0 Å². The number of hydrogen-bond acceptors (Lipinski definition) is 4. The fraction of sp³-hybridized carbons (Fsp3) is 0.529. The number of fused-ring (bicyclic) bond motifs is 1. The van der Waals surface area contributed by atoms with Crippen LogP contribution in [0.3, 0.4) is 0 Å². The van der Waals surface area contributed by atoms with Crippen molar-refractivity contribution < 1.29 is 9.53 Å². The van der Waals surface area contributed by atoms with Crippen LogP contribution in [0.4, 0.5) is 0 Å². The lowest BCUT2D eigenvalue weighted by atomic mass is 10.2. The quantitative estimate of drug-likeness (QED) is 0.844. The van der Waals surface area contributed by atoms with E-state index in [0.717, 1.165) is 24.3 Å². The third-order valence-electron chi connectivity index (χ3n) is 4.90. The van der Waals surface area contributed by atoms with Crippen molar-refractivity contribution in [3.8, 4) is 0 Å². The summed E-state index contributed by atoms with van der Waals surface area (Å²) in [4.78, 5) is 21.9. The van der Waals surface area contributed by atoms with Crippen molar-refractivity contribution >= 4 is 11.4 Å². The fourth-order valence-corrected chi connectivity index (χ4v) is 3.61. The SMILES string of the molecule is CN1CCCC1c1nc(C(=O)N2CCOCC2)c2ccccn12. The molecule has 122 valence electrons. The predicted octanol–water partition coefficient (Wildman–Crippen LogP) is 1.57. The first-order valence-corrected chi connectivity index (χ1v) is 8.30. The number of rotatable bonds is 2. The zero-order valence-corrected chi connectivity index (χ0v) is 13.4. The number of morpholine rings is 1. The lowest BCUT2D eigenvalue weighted by Gasteiger charge is -2.26. The number of pyridine rings is 1. The van der Waals surface area contributed by atoms with Crippen LogP contribution in [0.1, 0.15) is 35.2 Å². The molecule has 2 fully saturated rings. The Labute approximate surface area is 135 Å². The van der Waals surface area contributed by atoms with Gasteiger partial charge in [-0.15, -0.1) is 0 Å². The molecule has 2 saturated heterocycles. The Morgan fingerprint density at radius 2 is 2.09 bits per heavy atom. The van der Waals surface area contributed by atoms with Gasteiger partial charge in [-0.25, -0.2) is 4.98 Å². The highest BCUT2D eigenvalue weighted by molar-refractivity contribution is 5.99. The van der Waals surface area contributed by atoms with Gasteiger partial charge in [0, 0.05) is 19.3 Å². The van der Waals surface area contributed by atoms with Crippen LogP contribution in [0.5, 0.6) is 0 Å². The van der Waals surface area contributed by atoms with Gasteiger partial charge in [0.25, 0.3) is 5.91 Å². The molecular weight excluding hydrogens is 292 g/mol. The first-order valence-electron chi connectivity index (χ1n) is 8.30. The first kappa shape index (κ1) is 14.7. The molecule has 6 heteroatoms. The van der Waals surface area contributed by atoms with Crippen molar-refractivity contribution in [3.05, 3.63) is 35.9 Å². The molecule has 0 aromatic carbocycles. The molecule has 23 heavy (non-hydrogen) atoms. The molecule has 2 aromatic heterocycles. The van der Waals surface area contributed by atoms with Crippen molar-refractivity contribution in [2.24, 2.45) is 0 Å². The summed E-state index contributed by atoms with van der Waals surface area (Å²) < 4.78 is 7.43. The second kappa shape index (κ2) is 5.94. The number of imidazole rings is 1. The molecule has 4 rings (SSSR count). The zero-order valence-electron chi connectivity index (χ0n) is 13.4. The number of likely N-dealkylation sites (tertiary alicyclic amines) is 1. The Kier molecular flexibility index (Phi) is 3.79. The van der Waals surface area contributed by atoms with E-state index < -0.39 is 0 Å². The summed E-state index contributed by atoms with van der Waals surface area (Å²) in [5.41, 5.74) is 1.47. The number of hydrogen-bond donors (Lipinski definition) is 0. The van der Waals surface area contributed by atoms with Gasteiger partial charge in [0.15, 0.2) is 5.69 Å². The summed E-state index contributed by atoms with van der Waals surface area (Å²) >= 11 is 0. The van der Waals surface area contributed by atoms with Crippen LogP contribution in [0, 0.1) is 0 Å². The van der Waals surface area contributed by atoms with Crippen molar-refractivity contribution in [1.29, 1.82) is 0 Å². The van der Waals surface area contributed by atoms with Gasteiger partial charge in [-0.3, -0.25) is 9.69 Å². The number of carbonyl (C=O) groups excluding carboxylic acids is 1. The Morgan fingerprint density at radius 3 is 2.83 bits per heavy atom. The van der Waals surface area contributed by atoms with E-state index in [9.17, 15) is 4.79 Å². The highest BCUT2D eigenvalue weighted by atomic mass is 16.5. The molecule has 1 amide bonds. The molecule has 0 aliphatic carbocycles. The highest BCUT2D eigenvalue weighted by Crippen LogP contribution is 2.31. The fourth-order valence-electron chi connectivity index (χ4n) is 3.61. The van der Waals surface area contributed by atoms with Gasteiger partial charge in [0.2, 0.25) is 0 Å². The van der Waals surface area contributed by atoms with Crippen LogP contribution in [0.25, 0.3) is 5.52 Å². The van der Waals surface area contributed by atoms with Crippen molar-refractivity contribution in [1.82, 2.24) is 19.2 Å². The number of aromatic nitrogens is 2. The monoisotopic (exact) mass is 314 g/mol. The smallest absolute Gasteiger partial charge is 0.274 e. The van der Waals surface area contributed by atoms with E-state index >= 15 is 0 Å². The predicted molar refractivity (Wildman–Crippen MR) is 86.5 cm³/mol. The van der Waals surface area contributed by atoms with E-state index in [-0.39, 0.29) is 11.9 Å². The molecule has 2 aromatic rings. The maximum atomic E-state index is 12.9. The molecule has 0 spiro atoms. The van der Waals surface area contributed by atoms with Gasteiger partial charge in [-0.1, -0.05) is 6.07 Å². The van der Waals surface area contributed by atoms with Crippen LogP contribution in [-0.4, -0.2) is 65.0 Å². The highest BCUT2D eigenvalue weighted by Gasteiger charge is 2.30. The second-order valence-corrected chi connectivity index (χ2v) is 6.32. The van der Waals surface area contributed by atoms with Crippen LogP contribution in [-0.2, 0) is 4.74 Å². The molecule has 0 saturated carbocycles. The molecule has 4 heterocycles. The standard InChI is InChI=1S/C17H22N4O2/c1-19-7-4-6-14(19)16-18-15(13-5-2-3-8-21(13)16)17(22)20-9-11-23-12-10-20/h2-3,5,8,14H,4,6-7,9-12H2,1H3. The van der Waals surface area contributed by atoms with E-state index in [4.69, 9.17) is 9.72 Å². The van der Waals surface area contributed by atoms with Gasteiger partial charge >= 0.3 is 0 Å². The lowest BCUT2D eigenvalue weighted by Crippen LogP contribution is -2.40. The van der Waals surface area contributed by atoms with Gasteiger partial charge in [-0.05, 0) is 38.6 Å². The maximum absolute atomic E-state index is 12.9. The summed E-state index contributed by atoms with van der Waals surface area (Å²) in [5, 5.41) is 0. The maximum Gasteiger partial charge on any atom is 0.274 e. The summed E-state index contributed by atoms with van der Waals surface area (Å²) in [6, 6.07) is 6.24. The molecule has 0 bridgehead atoms. The third-order valence-corrected chi connectivity index (χ3v) is 4.90. The van der Waals surface area contributed by atoms with Crippen LogP contribution >= 0.6 is 0 Å². The lowest BCUT2D eigenvalue weighted by molar-refractivity contribution is 0.0300. The van der Waals surface area contributed by atoms with Gasteiger partial charge in [-0.2, -0.15) is 0 Å². The van der Waals surface area contributed by atoms with Gasteiger partial charge in [0.05, 0.1) is 24.8 Å². The Morgan fingerprint density at radius 1 is 1.26 bits per heavy atom. The number of amides is 1. The Hall–Kier alpha value is -1.92. The zero-order chi connectivity index (χ0) is 15.8. The average Bonchev–Trinajstić information content (AvgIpc) is 3.18. The number of ether oxygens (including phenoxy) is 1. The minimum absolute atomic E-state index is 0.0175. The second-order valence-electron chi connectivity index (χ2n) is 6.32. The molecule has 2 aliphatic rings. The summed E-state index contributed by atoms with van der Waals surface area (Å²) in [6.45, 7) is 3.58. The summed E-state index contributed by atoms with van der Waals surface area (Å²) in [7, 11) is 2.13. The molecule has 1 unspecified atom stereocenters. The van der Waals surface area contributed by atoms with Gasteiger partial charge < -0.3 is 14.0 Å². The van der Waals surface area contributed by atoms with E-state index in [2.05, 4.69) is 16.3 Å². The molecule has 1 atom stereocenters. The van der Waals surface area contributed by atoms with E-state index in [1.807, 2.05) is 29.3 Å². The minimum Gasteiger partial charge on any atom is -0.378 e. The topological polar surface area (TPSA) is 50.1 Å². The van der Waals surface area contributed by atoms with E-state index in [1.165, 1.54) is 6.42 Å². The molecule has 0 N–H and O–H groups in total. The Bertz CT molecular complexity index is 720. The minimum atomic E-state index is 0.0175. The molecule has 0 radical (unpaired) electrons. The summed E-state index contributed by atoms with van der Waals surface area (Å²) in [6.07, 6.45) is 4.28. The molecular formula is C17H22N4O2. The van der Waals surface area contributed by atoms with Gasteiger partial charge in [0.1, 0.15) is 5.82 Å².